The molecule has 5 rings (SSSR count). The van der Waals surface area contributed by atoms with Crippen molar-refractivity contribution >= 4 is 22.6 Å². The van der Waals surface area contributed by atoms with E-state index < -0.39 is 5.82 Å². The Kier molecular flexibility index (Phi) is 4.24. The molecule has 1 aliphatic rings. The molecule has 0 saturated heterocycles. The molecule has 0 unspecified atom stereocenters. The van der Waals surface area contributed by atoms with E-state index in [4.69, 9.17) is 0 Å². The van der Waals surface area contributed by atoms with E-state index in [1.54, 1.807) is 6.20 Å². The van der Waals surface area contributed by atoms with Gasteiger partial charge in [-0.3, -0.25) is 4.79 Å². The van der Waals surface area contributed by atoms with Gasteiger partial charge in [-0.1, -0.05) is 30.3 Å². The molecule has 0 spiro atoms. The van der Waals surface area contributed by atoms with Crippen LogP contribution in [0.5, 0.6) is 0 Å². The van der Waals surface area contributed by atoms with Crippen molar-refractivity contribution < 1.29 is 9.18 Å². The maximum atomic E-state index is 14.0. The van der Waals surface area contributed by atoms with Gasteiger partial charge in [-0.2, -0.15) is 0 Å². The standard InChI is InChI=1S/C23H19FN4O/c24-16-11-18-21-17(8-10-26-23(18)29)22(28-19(21)12-16)15-6-4-14(5-7-15)13-27-20-3-1-2-9-25-20/h1-7,9,11-12,28H,8,10,13H2,(H,25,27)(H,26,29). The monoisotopic (exact) mass is 386 g/mol. The van der Waals surface area contributed by atoms with Gasteiger partial charge in [0.15, 0.2) is 0 Å². The summed E-state index contributed by atoms with van der Waals surface area (Å²) in [6.07, 6.45) is 2.45. The first-order valence-electron chi connectivity index (χ1n) is 9.55. The van der Waals surface area contributed by atoms with Gasteiger partial charge in [0.05, 0.1) is 5.56 Å². The maximum absolute atomic E-state index is 14.0. The zero-order valence-corrected chi connectivity index (χ0v) is 15.6. The average Bonchev–Trinajstić information content (AvgIpc) is 3.02. The minimum Gasteiger partial charge on any atom is -0.366 e. The van der Waals surface area contributed by atoms with Gasteiger partial charge in [-0.25, -0.2) is 9.37 Å². The summed E-state index contributed by atoms with van der Waals surface area (Å²) < 4.78 is 14.0. The molecule has 1 aliphatic heterocycles. The molecule has 0 saturated carbocycles. The molecule has 2 aromatic carbocycles. The number of H-pyrrole nitrogens is 1. The Hall–Kier alpha value is -3.67. The lowest BCUT2D eigenvalue weighted by Crippen LogP contribution is -2.23. The molecule has 4 aromatic rings. The molecule has 5 nitrogen and oxygen atoms in total. The molecular formula is C23H19FN4O. The van der Waals surface area contributed by atoms with Gasteiger partial charge in [-0.15, -0.1) is 0 Å². The number of rotatable bonds is 4. The fraction of sp³-hybridized carbons (Fsp3) is 0.130. The van der Waals surface area contributed by atoms with Gasteiger partial charge >= 0.3 is 0 Å². The summed E-state index contributed by atoms with van der Waals surface area (Å²) in [5, 5.41) is 6.96. The van der Waals surface area contributed by atoms with Crippen LogP contribution in [0.1, 0.15) is 21.5 Å². The van der Waals surface area contributed by atoms with Crippen molar-refractivity contribution in [2.45, 2.75) is 13.0 Å². The summed E-state index contributed by atoms with van der Waals surface area (Å²) in [5.41, 5.74) is 5.18. The Bertz CT molecular complexity index is 1200. The van der Waals surface area contributed by atoms with Gasteiger partial charge in [0, 0.05) is 35.9 Å². The van der Waals surface area contributed by atoms with Crippen molar-refractivity contribution in [2.75, 3.05) is 11.9 Å². The summed E-state index contributed by atoms with van der Waals surface area (Å²) in [6, 6.07) is 16.7. The van der Waals surface area contributed by atoms with Crippen LogP contribution >= 0.6 is 0 Å². The van der Waals surface area contributed by atoms with Crippen molar-refractivity contribution in [1.29, 1.82) is 0 Å². The van der Waals surface area contributed by atoms with Crippen LogP contribution in [0.15, 0.2) is 60.8 Å². The fourth-order valence-corrected chi connectivity index (χ4v) is 3.89. The topological polar surface area (TPSA) is 69.8 Å². The Morgan fingerprint density at radius 3 is 2.76 bits per heavy atom. The van der Waals surface area contributed by atoms with Crippen molar-refractivity contribution in [1.82, 2.24) is 15.3 Å². The van der Waals surface area contributed by atoms with Crippen LogP contribution < -0.4 is 10.6 Å². The number of carbonyl (C=O) groups is 1. The molecular weight excluding hydrogens is 367 g/mol. The summed E-state index contributed by atoms with van der Waals surface area (Å²) in [5.74, 6) is 0.189. The Balaban J connectivity index is 1.48. The Labute approximate surface area is 167 Å². The molecule has 3 heterocycles. The SMILES string of the molecule is O=C1NCCc2c(-c3ccc(CNc4ccccn4)cc3)[nH]c3cc(F)cc1c23. The van der Waals surface area contributed by atoms with E-state index in [0.29, 0.717) is 30.6 Å². The first-order chi connectivity index (χ1) is 14.2. The number of hydrogen-bond acceptors (Lipinski definition) is 3. The van der Waals surface area contributed by atoms with E-state index >= 15 is 0 Å². The van der Waals surface area contributed by atoms with Crippen LogP contribution in [-0.2, 0) is 13.0 Å². The van der Waals surface area contributed by atoms with Crippen molar-refractivity contribution in [3.8, 4) is 11.3 Å². The highest BCUT2D eigenvalue weighted by Crippen LogP contribution is 2.34. The maximum Gasteiger partial charge on any atom is 0.252 e. The molecule has 0 atom stereocenters. The zero-order valence-electron chi connectivity index (χ0n) is 15.6. The van der Waals surface area contributed by atoms with Crippen molar-refractivity contribution in [3.63, 3.8) is 0 Å². The predicted octanol–water partition coefficient (Wildman–Crippen LogP) is 4.27. The molecule has 6 heteroatoms. The van der Waals surface area contributed by atoms with Gasteiger partial charge < -0.3 is 15.6 Å². The fourth-order valence-electron chi connectivity index (χ4n) is 3.89. The highest BCUT2D eigenvalue weighted by molar-refractivity contribution is 6.10. The Morgan fingerprint density at radius 1 is 1.10 bits per heavy atom. The largest absolute Gasteiger partial charge is 0.366 e. The van der Waals surface area contributed by atoms with E-state index in [0.717, 1.165) is 33.6 Å². The quantitative estimate of drug-likeness (QED) is 0.491. The molecule has 0 radical (unpaired) electrons. The molecule has 1 amide bonds. The molecule has 0 bridgehead atoms. The molecule has 29 heavy (non-hydrogen) atoms. The molecule has 2 aromatic heterocycles. The molecule has 0 fully saturated rings. The lowest BCUT2D eigenvalue weighted by Gasteiger charge is -2.08. The van der Waals surface area contributed by atoms with Crippen LogP contribution in [0.4, 0.5) is 10.2 Å². The highest BCUT2D eigenvalue weighted by atomic mass is 19.1. The average molecular weight is 386 g/mol. The number of nitrogens with one attached hydrogen (secondary N) is 3. The number of anilines is 1. The minimum absolute atomic E-state index is 0.227. The van der Waals surface area contributed by atoms with Crippen LogP contribution in [0.25, 0.3) is 22.2 Å². The van der Waals surface area contributed by atoms with Crippen LogP contribution in [0, 0.1) is 5.82 Å². The smallest absolute Gasteiger partial charge is 0.252 e. The van der Waals surface area contributed by atoms with Crippen molar-refractivity contribution in [2.24, 2.45) is 0 Å². The van der Waals surface area contributed by atoms with Crippen LogP contribution in [0.2, 0.25) is 0 Å². The summed E-state index contributed by atoms with van der Waals surface area (Å²) in [7, 11) is 0. The molecule has 3 N–H and O–H groups in total. The van der Waals surface area contributed by atoms with Gasteiger partial charge in [0.2, 0.25) is 0 Å². The number of hydrogen-bond donors (Lipinski definition) is 3. The molecule has 144 valence electrons. The normalized spacial score (nSPS) is 13.2. The van der Waals surface area contributed by atoms with E-state index in [-0.39, 0.29) is 5.91 Å². The summed E-state index contributed by atoms with van der Waals surface area (Å²) in [4.78, 5) is 19.9. The van der Waals surface area contributed by atoms with E-state index in [2.05, 4.69) is 32.7 Å². The Morgan fingerprint density at radius 2 is 1.97 bits per heavy atom. The number of aromatic amines is 1. The molecule has 0 aliphatic carbocycles. The van der Waals surface area contributed by atoms with Gasteiger partial charge in [-0.05, 0) is 47.4 Å². The van der Waals surface area contributed by atoms with Crippen LogP contribution in [0.3, 0.4) is 0 Å². The third-order valence-corrected chi connectivity index (χ3v) is 5.25. The number of halogens is 1. The minimum atomic E-state index is -0.417. The second-order valence-corrected chi connectivity index (χ2v) is 7.13. The van der Waals surface area contributed by atoms with Gasteiger partial charge in [0.1, 0.15) is 11.6 Å². The van der Waals surface area contributed by atoms with E-state index in [1.807, 2.05) is 30.3 Å². The number of amides is 1. The summed E-state index contributed by atoms with van der Waals surface area (Å²) >= 11 is 0. The first kappa shape index (κ1) is 17.4. The number of carbonyl (C=O) groups excluding carboxylic acids is 1. The second kappa shape index (κ2) is 7.05. The number of pyridine rings is 1. The first-order valence-corrected chi connectivity index (χ1v) is 9.55. The lowest BCUT2D eigenvalue weighted by molar-refractivity contribution is 0.0957. The summed E-state index contributed by atoms with van der Waals surface area (Å²) in [6.45, 7) is 1.20. The van der Waals surface area contributed by atoms with E-state index in [1.165, 1.54) is 12.1 Å². The lowest BCUT2D eigenvalue weighted by atomic mass is 9.99. The van der Waals surface area contributed by atoms with Gasteiger partial charge in [0.25, 0.3) is 5.91 Å². The highest BCUT2D eigenvalue weighted by Gasteiger charge is 2.23. The number of aromatic nitrogens is 2. The predicted molar refractivity (Wildman–Crippen MR) is 111 cm³/mol. The third-order valence-electron chi connectivity index (χ3n) is 5.25. The third kappa shape index (κ3) is 3.23. The van der Waals surface area contributed by atoms with Crippen molar-refractivity contribution in [3.05, 3.63) is 83.3 Å². The van der Waals surface area contributed by atoms with E-state index in [9.17, 15) is 9.18 Å². The zero-order chi connectivity index (χ0) is 19.8. The van der Waals surface area contributed by atoms with Crippen LogP contribution in [-0.4, -0.2) is 22.4 Å². The number of benzene rings is 2. The number of nitrogens with zero attached hydrogens (tertiary/aromatic N) is 1. The second-order valence-electron chi connectivity index (χ2n) is 7.13.